The monoisotopic (exact) mass is 284 g/mol. The lowest BCUT2D eigenvalue weighted by Gasteiger charge is -2.17. The first kappa shape index (κ1) is 15.6. The first-order chi connectivity index (χ1) is 10.1. The zero-order chi connectivity index (χ0) is 15.2. The lowest BCUT2D eigenvalue weighted by molar-refractivity contribution is 0.0932. The molecule has 1 aliphatic carbocycles. The average molecular weight is 284 g/mol. The molecule has 21 heavy (non-hydrogen) atoms. The van der Waals surface area contributed by atoms with Crippen LogP contribution >= 0.6 is 0 Å². The van der Waals surface area contributed by atoms with Gasteiger partial charge >= 0.3 is 0 Å². The highest BCUT2D eigenvalue weighted by Crippen LogP contribution is 2.34. The van der Waals surface area contributed by atoms with E-state index in [1.807, 2.05) is 25.1 Å². The van der Waals surface area contributed by atoms with Crippen LogP contribution in [-0.2, 0) is 0 Å². The SMILES string of the molecule is CCC(CC1CC1)NC(=O)c1ccc(C)c(C#CCN)c1. The molecule has 0 radical (unpaired) electrons. The molecule has 112 valence electrons. The van der Waals surface area contributed by atoms with Crippen molar-refractivity contribution in [1.29, 1.82) is 0 Å². The van der Waals surface area contributed by atoms with Crippen molar-refractivity contribution in [3.8, 4) is 11.8 Å². The van der Waals surface area contributed by atoms with E-state index in [9.17, 15) is 4.79 Å². The Morgan fingerprint density at radius 1 is 1.48 bits per heavy atom. The summed E-state index contributed by atoms with van der Waals surface area (Å²) in [5, 5.41) is 3.15. The quantitative estimate of drug-likeness (QED) is 0.817. The van der Waals surface area contributed by atoms with Gasteiger partial charge in [0.2, 0.25) is 0 Å². The molecule has 0 aliphatic heterocycles. The molecule has 1 aromatic rings. The lowest BCUT2D eigenvalue weighted by Crippen LogP contribution is -2.34. The Hall–Kier alpha value is -1.79. The van der Waals surface area contributed by atoms with E-state index in [1.54, 1.807) is 0 Å². The minimum absolute atomic E-state index is 0.00158. The number of carbonyl (C=O) groups is 1. The van der Waals surface area contributed by atoms with Crippen molar-refractivity contribution in [3.63, 3.8) is 0 Å². The van der Waals surface area contributed by atoms with E-state index in [-0.39, 0.29) is 11.9 Å². The normalized spacial score (nSPS) is 15.0. The summed E-state index contributed by atoms with van der Waals surface area (Å²) in [5.74, 6) is 6.68. The number of hydrogen-bond donors (Lipinski definition) is 2. The number of nitrogens with two attached hydrogens (primary N) is 1. The van der Waals surface area contributed by atoms with Crippen molar-refractivity contribution in [3.05, 3.63) is 34.9 Å². The van der Waals surface area contributed by atoms with Crippen molar-refractivity contribution in [1.82, 2.24) is 5.32 Å². The number of benzene rings is 1. The summed E-state index contributed by atoms with van der Waals surface area (Å²) in [4.78, 5) is 12.4. The largest absolute Gasteiger partial charge is 0.349 e. The molecule has 1 saturated carbocycles. The second-order valence-electron chi connectivity index (χ2n) is 5.79. The molecular formula is C18H24N2O. The Bertz CT molecular complexity index is 564. The minimum Gasteiger partial charge on any atom is -0.349 e. The van der Waals surface area contributed by atoms with Gasteiger partial charge in [-0.3, -0.25) is 4.79 Å². The van der Waals surface area contributed by atoms with Gasteiger partial charge in [0.15, 0.2) is 0 Å². The van der Waals surface area contributed by atoms with Crippen LogP contribution in [0.25, 0.3) is 0 Å². The molecule has 0 aromatic heterocycles. The van der Waals surface area contributed by atoms with Crippen LogP contribution in [0.3, 0.4) is 0 Å². The number of nitrogens with one attached hydrogen (secondary N) is 1. The van der Waals surface area contributed by atoms with Gasteiger partial charge in [-0.2, -0.15) is 0 Å². The summed E-state index contributed by atoms with van der Waals surface area (Å²) >= 11 is 0. The summed E-state index contributed by atoms with van der Waals surface area (Å²) in [6.45, 7) is 4.44. The summed E-state index contributed by atoms with van der Waals surface area (Å²) < 4.78 is 0. The van der Waals surface area contributed by atoms with Gasteiger partial charge < -0.3 is 11.1 Å². The maximum Gasteiger partial charge on any atom is 0.251 e. The molecule has 1 aromatic carbocycles. The summed E-state index contributed by atoms with van der Waals surface area (Å²) in [7, 11) is 0. The Morgan fingerprint density at radius 2 is 2.24 bits per heavy atom. The van der Waals surface area contributed by atoms with Crippen molar-refractivity contribution >= 4 is 5.91 Å². The second-order valence-corrected chi connectivity index (χ2v) is 5.79. The fourth-order valence-electron chi connectivity index (χ4n) is 2.40. The number of carbonyl (C=O) groups excluding carboxylic acids is 1. The molecule has 0 spiro atoms. The molecule has 0 heterocycles. The summed E-state index contributed by atoms with van der Waals surface area (Å²) in [5.41, 5.74) is 8.03. The van der Waals surface area contributed by atoms with Crippen LogP contribution < -0.4 is 11.1 Å². The van der Waals surface area contributed by atoms with Gasteiger partial charge in [-0.15, -0.1) is 0 Å². The topological polar surface area (TPSA) is 55.1 Å². The van der Waals surface area contributed by atoms with E-state index >= 15 is 0 Å². The zero-order valence-corrected chi connectivity index (χ0v) is 12.9. The molecule has 1 unspecified atom stereocenters. The number of amides is 1. The van der Waals surface area contributed by atoms with Gasteiger partial charge in [0.1, 0.15) is 0 Å². The Labute approximate surface area is 127 Å². The predicted molar refractivity (Wildman–Crippen MR) is 86.0 cm³/mol. The van der Waals surface area contributed by atoms with E-state index < -0.39 is 0 Å². The van der Waals surface area contributed by atoms with Crippen LogP contribution in [-0.4, -0.2) is 18.5 Å². The van der Waals surface area contributed by atoms with E-state index in [1.165, 1.54) is 12.8 Å². The molecule has 1 amide bonds. The molecule has 3 N–H and O–H groups in total. The highest BCUT2D eigenvalue weighted by atomic mass is 16.1. The molecule has 3 nitrogen and oxygen atoms in total. The summed E-state index contributed by atoms with van der Waals surface area (Å²) in [6, 6.07) is 5.95. The molecule has 1 fully saturated rings. The van der Waals surface area contributed by atoms with Crippen LogP contribution in [0, 0.1) is 24.7 Å². The molecule has 2 rings (SSSR count). The standard InChI is InChI=1S/C18H24N2O/c1-3-17(11-14-7-8-14)20-18(21)16-9-6-13(2)15(12-16)5-4-10-19/h6,9,12,14,17H,3,7-8,10-11,19H2,1-2H3,(H,20,21). The zero-order valence-electron chi connectivity index (χ0n) is 12.9. The van der Waals surface area contributed by atoms with Gasteiger partial charge in [0.05, 0.1) is 6.54 Å². The van der Waals surface area contributed by atoms with Gasteiger partial charge in [-0.1, -0.05) is 37.7 Å². The van der Waals surface area contributed by atoms with Crippen LogP contribution in [0.4, 0.5) is 0 Å². The van der Waals surface area contributed by atoms with E-state index in [4.69, 9.17) is 5.73 Å². The fraction of sp³-hybridized carbons (Fsp3) is 0.500. The van der Waals surface area contributed by atoms with Crippen LogP contribution in [0.2, 0.25) is 0 Å². The molecule has 0 bridgehead atoms. The highest BCUT2D eigenvalue weighted by Gasteiger charge is 2.25. The molecule has 1 atom stereocenters. The maximum atomic E-state index is 12.4. The Balaban J connectivity index is 2.07. The van der Waals surface area contributed by atoms with E-state index in [0.29, 0.717) is 12.1 Å². The van der Waals surface area contributed by atoms with Crippen molar-refractivity contribution in [2.24, 2.45) is 11.7 Å². The van der Waals surface area contributed by atoms with Crippen LogP contribution in [0.15, 0.2) is 18.2 Å². The number of rotatable bonds is 5. The third kappa shape index (κ3) is 4.61. The van der Waals surface area contributed by atoms with Gasteiger partial charge in [-0.05, 0) is 43.4 Å². The van der Waals surface area contributed by atoms with Crippen LogP contribution in [0.5, 0.6) is 0 Å². The first-order valence-corrected chi connectivity index (χ1v) is 7.74. The maximum absolute atomic E-state index is 12.4. The van der Waals surface area contributed by atoms with Crippen molar-refractivity contribution < 1.29 is 4.79 Å². The third-order valence-electron chi connectivity index (χ3n) is 3.97. The minimum atomic E-state index is -0.00158. The van der Waals surface area contributed by atoms with Crippen LogP contribution in [0.1, 0.15) is 54.1 Å². The average Bonchev–Trinajstić information content (AvgIpc) is 3.29. The molecular weight excluding hydrogens is 260 g/mol. The van der Waals surface area contributed by atoms with Gasteiger partial charge in [0.25, 0.3) is 5.91 Å². The fourth-order valence-corrected chi connectivity index (χ4v) is 2.40. The van der Waals surface area contributed by atoms with E-state index in [2.05, 4.69) is 24.1 Å². The van der Waals surface area contributed by atoms with E-state index in [0.717, 1.165) is 29.9 Å². The van der Waals surface area contributed by atoms with Crippen molar-refractivity contribution in [2.45, 2.75) is 45.6 Å². The first-order valence-electron chi connectivity index (χ1n) is 7.74. The smallest absolute Gasteiger partial charge is 0.251 e. The van der Waals surface area contributed by atoms with Gasteiger partial charge in [0, 0.05) is 17.2 Å². The number of hydrogen-bond acceptors (Lipinski definition) is 2. The Kier molecular flexibility index (Phi) is 5.41. The highest BCUT2D eigenvalue weighted by molar-refractivity contribution is 5.94. The van der Waals surface area contributed by atoms with Gasteiger partial charge in [-0.25, -0.2) is 0 Å². The number of aryl methyl sites for hydroxylation is 1. The molecule has 1 aliphatic rings. The lowest BCUT2D eigenvalue weighted by atomic mass is 10.0. The molecule has 3 heteroatoms. The predicted octanol–water partition coefficient (Wildman–Crippen LogP) is 2.61. The third-order valence-corrected chi connectivity index (χ3v) is 3.97. The Morgan fingerprint density at radius 3 is 2.86 bits per heavy atom. The molecule has 0 saturated heterocycles. The summed E-state index contributed by atoms with van der Waals surface area (Å²) in [6.07, 6.45) is 4.72. The second kappa shape index (κ2) is 7.28. The van der Waals surface area contributed by atoms with Crippen molar-refractivity contribution in [2.75, 3.05) is 6.54 Å².